The maximum absolute atomic E-state index is 12.8. The van der Waals surface area contributed by atoms with E-state index in [1.165, 1.54) is 17.4 Å². The summed E-state index contributed by atoms with van der Waals surface area (Å²) in [5.41, 5.74) is 5.61. The van der Waals surface area contributed by atoms with Crippen LogP contribution in [0.5, 0.6) is 0 Å². The van der Waals surface area contributed by atoms with E-state index >= 15 is 0 Å². The standard InChI is InChI=1S/C18H20F3N3OS.2ClH/c1-17(10-22,12-5-6-12)24-15(25)8-14-9-26-16(23-14)11-3-2-4-13(7-11)18(19,20)21;;/h2-4,7,9,12H,5-6,8,10,22H2,1H3,(H,24,25);2*1H. The van der Waals surface area contributed by atoms with E-state index in [9.17, 15) is 18.0 Å². The molecule has 1 aromatic carbocycles. The van der Waals surface area contributed by atoms with Gasteiger partial charge in [0.05, 0.1) is 23.2 Å². The Kier molecular flexibility index (Phi) is 8.32. The molecule has 156 valence electrons. The Hall–Kier alpha value is -1.35. The molecule has 10 heteroatoms. The van der Waals surface area contributed by atoms with E-state index in [-0.39, 0.29) is 37.1 Å². The number of halogens is 5. The molecule has 1 atom stereocenters. The molecule has 1 unspecified atom stereocenters. The number of nitrogens with two attached hydrogens (primary N) is 1. The first-order valence-electron chi connectivity index (χ1n) is 8.34. The summed E-state index contributed by atoms with van der Waals surface area (Å²) in [6, 6.07) is 5.03. The third kappa shape index (κ3) is 5.83. The normalized spacial score (nSPS) is 15.8. The van der Waals surface area contributed by atoms with Crippen LogP contribution in [0, 0.1) is 5.92 Å². The smallest absolute Gasteiger partial charge is 0.349 e. The largest absolute Gasteiger partial charge is 0.416 e. The van der Waals surface area contributed by atoms with E-state index in [4.69, 9.17) is 5.73 Å². The fraction of sp³-hybridized carbons (Fsp3) is 0.444. The van der Waals surface area contributed by atoms with E-state index in [1.807, 2.05) is 6.92 Å². The lowest BCUT2D eigenvalue weighted by atomic mass is 9.95. The van der Waals surface area contributed by atoms with Crippen molar-refractivity contribution in [3.63, 3.8) is 0 Å². The summed E-state index contributed by atoms with van der Waals surface area (Å²) in [6.45, 7) is 2.31. The number of thiazole rings is 1. The molecule has 1 aliphatic rings. The first-order chi connectivity index (χ1) is 12.2. The van der Waals surface area contributed by atoms with Crippen LogP contribution < -0.4 is 11.1 Å². The van der Waals surface area contributed by atoms with Crippen molar-refractivity contribution in [1.82, 2.24) is 10.3 Å². The maximum Gasteiger partial charge on any atom is 0.416 e. The number of benzene rings is 1. The monoisotopic (exact) mass is 455 g/mol. The number of nitrogens with one attached hydrogen (secondary N) is 1. The minimum atomic E-state index is -4.40. The fourth-order valence-electron chi connectivity index (χ4n) is 2.92. The first-order valence-corrected chi connectivity index (χ1v) is 9.22. The van der Waals surface area contributed by atoms with Crippen molar-refractivity contribution in [2.24, 2.45) is 11.7 Å². The third-order valence-electron chi connectivity index (χ3n) is 4.66. The first kappa shape index (κ1) is 24.7. The third-order valence-corrected chi connectivity index (χ3v) is 5.60. The second kappa shape index (κ2) is 9.43. The van der Waals surface area contributed by atoms with Gasteiger partial charge in [-0.25, -0.2) is 4.98 Å². The molecule has 0 bridgehead atoms. The molecule has 1 amide bonds. The minimum absolute atomic E-state index is 0. The lowest BCUT2D eigenvalue weighted by Crippen LogP contribution is -2.53. The number of nitrogens with zero attached hydrogens (tertiary/aromatic N) is 1. The van der Waals surface area contributed by atoms with Gasteiger partial charge in [-0.15, -0.1) is 36.2 Å². The molecular weight excluding hydrogens is 434 g/mol. The molecule has 28 heavy (non-hydrogen) atoms. The summed E-state index contributed by atoms with van der Waals surface area (Å²) >= 11 is 1.22. The summed E-state index contributed by atoms with van der Waals surface area (Å²) < 4.78 is 38.5. The van der Waals surface area contributed by atoms with Gasteiger partial charge in [0.2, 0.25) is 5.91 Å². The van der Waals surface area contributed by atoms with Crippen LogP contribution in [0.15, 0.2) is 29.6 Å². The van der Waals surface area contributed by atoms with Gasteiger partial charge < -0.3 is 11.1 Å². The van der Waals surface area contributed by atoms with E-state index in [0.29, 0.717) is 28.7 Å². The number of hydrogen-bond donors (Lipinski definition) is 2. The van der Waals surface area contributed by atoms with Gasteiger partial charge in [0.1, 0.15) is 5.01 Å². The second-order valence-corrected chi connectivity index (χ2v) is 7.70. The summed E-state index contributed by atoms with van der Waals surface area (Å²) in [4.78, 5) is 16.6. The van der Waals surface area contributed by atoms with Crippen molar-refractivity contribution in [1.29, 1.82) is 0 Å². The van der Waals surface area contributed by atoms with Crippen LogP contribution in [0.25, 0.3) is 10.6 Å². The van der Waals surface area contributed by atoms with E-state index < -0.39 is 17.3 Å². The molecular formula is C18H22Cl2F3N3OS. The molecule has 1 fully saturated rings. The molecule has 3 N–H and O–H groups in total. The van der Waals surface area contributed by atoms with Crippen LogP contribution >= 0.6 is 36.2 Å². The van der Waals surface area contributed by atoms with Crippen molar-refractivity contribution in [2.75, 3.05) is 6.54 Å². The highest BCUT2D eigenvalue weighted by Gasteiger charge is 2.41. The van der Waals surface area contributed by atoms with Crippen molar-refractivity contribution in [3.8, 4) is 10.6 Å². The molecule has 4 nitrogen and oxygen atoms in total. The Morgan fingerprint density at radius 1 is 1.32 bits per heavy atom. The van der Waals surface area contributed by atoms with Gasteiger partial charge in [0, 0.05) is 17.5 Å². The van der Waals surface area contributed by atoms with Crippen LogP contribution in [0.1, 0.15) is 31.0 Å². The van der Waals surface area contributed by atoms with Gasteiger partial charge in [-0.2, -0.15) is 13.2 Å². The summed E-state index contributed by atoms with van der Waals surface area (Å²) in [5.74, 6) is 0.235. The van der Waals surface area contributed by atoms with Gasteiger partial charge >= 0.3 is 6.18 Å². The van der Waals surface area contributed by atoms with Crippen LogP contribution in [0.2, 0.25) is 0 Å². The summed E-state index contributed by atoms with van der Waals surface area (Å²) in [6.07, 6.45) is -2.20. The number of aromatic nitrogens is 1. The van der Waals surface area contributed by atoms with Crippen molar-refractivity contribution < 1.29 is 18.0 Å². The second-order valence-electron chi connectivity index (χ2n) is 6.84. The molecule has 0 aliphatic heterocycles. The molecule has 0 saturated heterocycles. The van der Waals surface area contributed by atoms with Gasteiger partial charge in [-0.3, -0.25) is 4.79 Å². The number of amides is 1. The van der Waals surface area contributed by atoms with Gasteiger partial charge in [-0.05, 0) is 37.8 Å². The molecule has 1 aliphatic carbocycles. The van der Waals surface area contributed by atoms with E-state index in [1.54, 1.807) is 11.4 Å². The van der Waals surface area contributed by atoms with Gasteiger partial charge in [0.25, 0.3) is 0 Å². The summed E-state index contributed by atoms with van der Waals surface area (Å²) in [5, 5.41) is 5.14. The van der Waals surface area contributed by atoms with Crippen LogP contribution in [-0.4, -0.2) is 23.0 Å². The van der Waals surface area contributed by atoms with Crippen molar-refractivity contribution >= 4 is 42.1 Å². The predicted octanol–water partition coefficient (Wildman–Crippen LogP) is 4.46. The molecule has 1 aromatic heterocycles. The van der Waals surface area contributed by atoms with Crippen molar-refractivity contribution in [2.45, 2.75) is 37.9 Å². The molecule has 2 aromatic rings. The quantitative estimate of drug-likeness (QED) is 0.675. The highest BCUT2D eigenvalue weighted by molar-refractivity contribution is 7.13. The molecule has 0 spiro atoms. The number of rotatable bonds is 6. The Bertz CT molecular complexity index is 811. The number of carbonyl (C=O) groups is 1. The maximum atomic E-state index is 12.8. The molecule has 1 saturated carbocycles. The van der Waals surface area contributed by atoms with Crippen LogP contribution in [0.4, 0.5) is 13.2 Å². The zero-order chi connectivity index (χ0) is 18.9. The highest BCUT2D eigenvalue weighted by Crippen LogP contribution is 2.39. The van der Waals surface area contributed by atoms with Gasteiger partial charge in [-0.1, -0.05) is 12.1 Å². The lowest BCUT2D eigenvalue weighted by molar-refractivity contribution is -0.137. The van der Waals surface area contributed by atoms with Gasteiger partial charge in [0.15, 0.2) is 0 Å². The van der Waals surface area contributed by atoms with Crippen molar-refractivity contribution in [3.05, 3.63) is 40.9 Å². The zero-order valence-corrected chi connectivity index (χ0v) is 17.5. The Balaban J connectivity index is 0.00000196. The Morgan fingerprint density at radius 3 is 2.57 bits per heavy atom. The molecule has 0 radical (unpaired) electrons. The molecule has 3 rings (SSSR count). The number of carbonyl (C=O) groups excluding carboxylic acids is 1. The number of hydrogen-bond acceptors (Lipinski definition) is 4. The topological polar surface area (TPSA) is 68.0 Å². The molecule has 1 heterocycles. The van der Waals surface area contributed by atoms with E-state index in [0.717, 1.165) is 25.0 Å². The number of alkyl halides is 3. The summed E-state index contributed by atoms with van der Waals surface area (Å²) in [7, 11) is 0. The fourth-order valence-corrected chi connectivity index (χ4v) is 3.73. The lowest BCUT2D eigenvalue weighted by Gasteiger charge is -2.29. The van der Waals surface area contributed by atoms with E-state index in [2.05, 4.69) is 10.3 Å². The Morgan fingerprint density at radius 2 is 2.00 bits per heavy atom. The Labute approximate surface area is 177 Å². The highest BCUT2D eigenvalue weighted by atomic mass is 35.5. The van der Waals surface area contributed by atoms with Crippen LogP contribution in [-0.2, 0) is 17.4 Å². The van der Waals surface area contributed by atoms with Crippen LogP contribution in [0.3, 0.4) is 0 Å². The minimum Gasteiger partial charge on any atom is -0.349 e. The average Bonchev–Trinajstić information content (AvgIpc) is 3.35. The predicted molar refractivity (Wildman–Crippen MR) is 109 cm³/mol. The zero-order valence-electron chi connectivity index (χ0n) is 15.1. The SMILES string of the molecule is CC(CN)(NC(=O)Cc1csc(-c2cccc(C(F)(F)F)c2)n1)C1CC1.Cl.Cl. The average molecular weight is 456 g/mol.